The van der Waals surface area contributed by atoms with Gasteiger partial charge in [0.05, 0.1) is 24.6 Å². The van der Waals surface area contributed by atoms with Gasteiger partial charge in [-0.1, -0.05) is 6.07 Å². The minimum Gasteiger partial charge on any atom is -0.506 e. The van der Waals surface area contributed by atoms with Crippen LogP contribution in [-0.2, 0) is 24.4 Å². The van der Waals surface area contributed by atoms with Crippen LogP contribution in [0.1, 0.15) is 27.4 Å². The molecule has 0 amide bonds. The molecular weight excluding hydrogens is 234 g/mol. The summed E-state index contributed by atoms with van der Waals surface area (Å²) in [6, 6.07) is 4.15. The van der Waals surface area contributed by atoms with E-state index < -0.39 is 0 Å². The predicted octanol–water partition coefficient (Wildman–Crippen LogP) is 2.78. The molecule has 0 fully saturated rings. The molecule has 0 saturated heterocycles. The normalized spacial score (nSPS) is 13.9. The average molecular weight is 247 g/mol. The second-order valence-corrected chi connectivity index (χ2v) is 5.23. The summed E-state index contributed by atoms with van der Waals surface area (Å²) in [5, 5.41) is 12.0. The highest BCUT2D eigenvalue weighted by Crippen LogP contribution is 2.33. The van der Waals surface area contributed by atoms with Crippen LogP contribution in [0.25, 0.3) is 0 Å². The van der Waals surface area contributed by atoms with Crippen molar-refractivity contribution in [3.05, 3.63) is 44.9 Å². The first kappa shape index (κ1) is 10.7. The molecule has 88 valence electrons. The molecule has 4 heteroatoms. The van der Waals surface area contributed by atoms with E-state index in [-0.39, 0.29) is 0 Å². The number of aromatic nitrogens is 1. The van der Waals surface area contributed by atoms with Crippen molar-refractivity contribution in [2.45, 2.75) is 26.6 Å². The third kappa shape index (κ3) is 1.83. The maximum absolute atomic E-state index is 9.93. The van der Waals surface area contributed by atoms with Gasteiger partial charge in [0.15, 0.2) is 0 Å². The molecule has 2 aromatic heterocycles. The van der Waals surface area contributed by atoms with E-state index in [4.69, 9.17) is 4.74 Å². The molecule has 0 bridgehead atoms. The van der Waals surface area contributed by atoms with Gasteiger partial charge in [0.1, 0.15) is 5.75 Å². The van der Waals surface area contributed by atoms with Gasteiger partial charge in [0.25, 0.3) is 0 Å². The van der Waals surface area contributed by atoms with Crippen molar-refractivity contribution in [3.63, 3.8) is 0 Å². The number of ether oxygens (including phenoxy) is 1. The summed E-state index contributed by atoms with van der Waals surface area (Å²) in [4.78, 5) is 5.78. The molecule has 3 nitrogen and oxygen atoms in total. The number of hydrogen-bond donors (Lipinski definition) is 1. The topological polar surface area (TPSA) is 42.4 Å². The van der Waals surface area contributed by atoms with Crippen molar-refractivity contribution in [3.8, 4) is 5.75 Å². The minimum absolute atomic E-state index is 0.299. The number of aryl methyl sites for hydroxylation is 1. The van der Waals surface area contributed by atoms with Crippen molar-refractivity contribution < 1.29 is 9.84 Å². The van der Waals surface area contributed by atoms with E-state index in [0.29, 0.717) is 24.7 Å². The van der Waals surface area contributed by atoms with Crippen LogP contribution in [-0.4, -0.2) is 10.1 Å². The van der Waals surface area contributed by atoms with Crippen molar-refractivity contribution in [1.82, 2.24) is 4.98 Å². The standard InChI is InChI=1S/C13H13NO2S/c1-8-13(15)11-7-16-6-10(11)12(14-8)5-9-3-2-4-17-9/h2-4,15H,5-7H2,1H3. The Labute approximate surface area is 104 Å². The second-order valence-electron chi connectivity index (χ2n) is 4.20. The third-order valence-electron chi connectivity index (χ3n) is 3.06. The molecule has 0 atom stereocenters. The van der Waals surface area contributed by atoms with Gasteiger partial charge < -0.3 is 9.84 Å². The Balaban J connectivity index is 2.05. The van der Waals surface area contributed by atoms with E-state index in [1.165, 1.54) is 4.88 Å². The second kappa shape index (κ2) is 4.13. The molecule has 0 aliphatic carbocycles. The van der Waals surface area contributed by atoms with Crippen LogP contribution in [0.2, 0.25) is 0 Å². The molecular formula is C13H13NO2S. The Morgan fingerprint density at radius 2 is 2.24 bits per heavy atom. The number of hydrogen-bond acceptors (Lipinski definition) is 4. The fourth-order valence-corrected chi connectivity index (χ4v) is 2.87. The van der Waals surface area contributed by atoms with Crippen molar-refractivity contribution >= 4 is 11.3 Å². The highest BCUT2D eigenvalue weighted by atomic mass is 32.1. The summed E-state index contributed by atoms with van der Waals surface area (Å²) < 4.78 is 5.41. The van der Waals surface area contributed by atoms with Gasteiger partial charge in [-0.3, -0.25) is 4.98 Å². The zero-order chi connectivity index (χ0) is 11.8. The Morgan fingerprint density at radius 1 is 1.41 bits per heavy atom. The highest BCUT2D eigenvalue weighted by Gasteiger charge is 2.22. The van der Waals surface area contributed by atoms with Crippen LogP contribution in [0.15, 0.2) is 17.5 Å². The molecule has 0 aromatic carbocycles. The summed E-state index contributed by atoms with van der Waals surface area (Å²) in [7, 11) is 0. The maximum Gasteiger partial charge on any atom is 0.142 e. The zero-order valence-corrected chi connectivity index (χ0v) is 10.4. The van der Waals surface area contributed by atoms with Crippen LogP contribution in [0.4, 0.5) is 0 Å². The summed E-state index contributed by atoms with van der Waals surface area (Å²) in [6.45, 7) is 2.91. The number of aromatic hydroxyl groups is 1. The van der Waals surface area contributed by atoms with E-state index in [1.807, 2.05) is 13.0 Å². The lowest BCUT2D eigenvalue weighted by molar-refractivity contribution is 0.133. The van der Waals surface area contributed by atoms with Crippen molar-refractivity contribution in [2.24, 2.45) is 0 Å². The molecule has 1 aliphatic rings. The van der Waals surface area contributed by atoms with Gasteiger partial charge in [-0.25, -0.2) is 0 Å². The summed E-state index contributed by atoms with van der Waals surface area (Å²) >= 11 is 1.73. The predicted molar refractivity (Wildman–Crippen MR) is 66.3 cm³/mol. The summed E-state index contributed by atoms with van der Waals surface area (Å²) in [5.74, 6) is 0.299. The number of pyridine rings is 1. The number of nitrogens with zero attached hydrogens (tertiary/aromatic N) is 1. The fraction of sp³-hybridized carbons (Fsp3) is 0.308. The fourth-order valence-electron chi connectivity index (χ4n) is 2.16. The average Bonchev–Trinajstić information content (AvgIpc) is 2.96. The first-order chi connectivity index (χ1) is 8.25. The van der Waals surface area contributed by atoms with E-state index in [0.717, 1.165) is 23.2 Å². The van der Waals surface area contributed by atoms with Gasteiger partial charge >= 0.3 is 0 Å². The molecule has 17 heavy (non-hydrogen) atoms. The molecule has 1 aliphatic heterocycles. The lowest BCUT2D eigenvalue weighted by Crippen LogP contribution is -2.01. The largest absolute Gasteiger partial charge is 0.506 e. The van der Waals surface area contributed by atoms with Gasteiger partial charge in [-0.05, 0) is 18.4 Å². The zero-order valence-electron chi connectivity index (χ0n) is 9.56. The monoisotopic (exact) mass is 247 g/mol. The van der Waals surface area contributed by atoms with E-state index in [2.05, 4.69) is 16.4 Å². The molecule has 0 spiro atoms. The minimum atomic E-state index is 0.299. The lowest BCUT2D eigenvalue weighted by Gasteiger charge is -2.09. The van der Waals surface area contributed by atoms with E-state index in [9.17, 15) is 5.11 Å². The van der Waals surface area contributed by atoms with Gasteiger partial charge in [0, 0.05) is 22.4 Å². The smallest absolute Gasteiger partial charge is 0.142 e. The molecule has 1 N–H and O–H groups in total. The molecule has 2 aromatic rings. The number of fused-ring (bicyclic) bond motifs is 1. The maximum atomic E-state index is 9.93. The first-order valence-electron chi connectivity index (χ1n) is 5.56. The third-order valence-corrected chi connectivity index (χ3v) is 3.93. The number of thiophene rings is 1. The van der Waals surface area contributed by atoms with Crippen LogP contribution < -0.4 is 0 Å². The summed E-state index contributed by atoms with van der Waals surface area (Å²) in [5.41, 5.74) is 3.72. The van der Waals surface area contributed by atoms with Gasteiger partial charge in [0.2, 0.25) is 0 Å². The van der Waals surface area contributed by atoms with Crippen LogP contribution in [0, 0.1) is 6.92 Å². The SMILES string of the molecule is Cc1nc(Cc2cccs2)c2c(c1O)COC2. The molecule has 3 rings (SSSR count). The number of rotatable bonds is 2. The molecule has 3 heterocycles. The van der Waals surface area contributed by atoms with E-state index in [1.54, 1.807) is 11.3 Å². The van der Waals surface area contributed by atoms with Crippen LogP contribution in [0.5, 0.6) is 5.75 Å². The Morgan fingerprint density at radius 3 is 3.00 bits per heavy atom. The quantitative estimate of drug-likeness (QED) is 0.887. The molecule has 0 saturated carbocycles. The molecule has 0 radical (unpaired) electrons. The first-order valence-corrected chi connectivity index (χ1v) is 6.44. The Kier molecular flexibility index (Phi) is 2.61. The lowest BCUT2D eigenvalue weighted by atomic mass is 10.0. The molecule has 0 unspecified atom stereocenters. The van der Waals surface area contributed by atoms with Gasteiger partial charge in [-0.2, -0.15) is 0 Å². The van der Waals surface area contributed by atoms with Crippen LogP contribution >= 0.6 is 11.3 Å². The van der Waals surface area contributed by atoms with Crippen molar-refractivity contribution in [1.29, 1.82) is 0 Å². The van der Waals surface area contributed by atoms with Gasteiger partial charge in [-0.15, -0.1) is 11.3 Å². The van der Waals surface area contributed by atoms with Crippen molar-refractivity contribution in [2.75, 3.05) is 0 Å². The van der Waals surface area contributed by atoms with E-state index >= 15 is 0 Å². The summed E-state index contributed by atoms with van der Waals surface area (Å²) in [6.07, 6.45) is 0.824. The Hall–Kier alpha value is -1.39. The Bertz CT molecular complexity index is 549. The highest BCUT2D eigenvalue weighted by molar-refractivity contribution is 7.09. The van der Waals surface area contributed by atoms with Crippen LogP contribution in [0.3, 0.4) is 0 Å².